The second-order valence-corrected chi connectivity index (χ2v) is 4.05. The maximum absolute atomic E-state index is 10.6. The molecule has 1 saturated carbocycles. The largest absolute Gasteiger partial charge is 0.497 e. The number of aliphatic carboxylic acids is 1. The lowest BCUT2D eigenvalue weighted by molar-refractivity contribution is -0.138. The molecule has 0 bridgehead atoms. The molecule has 0 spiro atoms. The number of hydrogen-bond donors (Lipinski definition) is 2. The number of anilines is 1. The molecule has 1 aliphatic carbocycles. The molecule has 2 unspecified atom stereocenters. The Morgan fingerprint density at radius 3 is 2.69 bits per heavy atom. The molecule has 2 N–H and O–H groups in total. The van der Waals surface area contributed by atoms with Gasteiger partial charge in [0.1, 0.15) is 5.75 Å². The molecule has 1 aliphatic rings. The molecule has 1 fully saturated rings. The van der Waals surface area contributed by atoms with Crippen LogP contribution in [0.1, 0.15) is 6.42 Å². The summed E-state index contributed by atoms with van der Waals surface area (Å²) in [6, 6.07) is 7.61. The van der Waals surface area contributed by atoms with Gasteiger partial charge in [0.25, 0.3) is 0 Å². The summed E-state index contributed by atoms with van der Waals surface area (Å²) in [7, 11) is 1.63. The van der Waals surface area contributed by atoms with Crippen LogP contribution in [0.2, 0.25) is 0 Å². The number of carboxylic acid groups (broad SMARTS) is 1. The summed E-state index contributed by atoms with van der Waals surface area (Å²) in [6.45, 7) is 0.725. The number of carbonyl (C=O) groups is 1. The van der Waals surface area contributed by atoms with E-state index in [1.165, 1.54) is 0 Å². The first-order valence-corrected chi connectivity index (χ1v) is 5.31. The molecule has 86 valence electrons. The Hall–Kier alpha value is -1.71. The lowest BCUT2D eigenvalue weighted by Gasteiger charge is -2.06. The van der Waals surface area contributed by atoms with E-state index >= 15 is 0 Å². The molecule has 2 rings (SSSR count). The number of nitrogens with one attached hydrogen (secondary N) is 1. The Morgan fingerprint density at radius 2 is 2.19 bits per heavy atom. The number of rotatable bonds is 5. The molecule has 16 heavy (non-hydrogen) atoms. The van der Waals surface area contributed by atoms with Crippen LogP contribution in [0.3, 0.4) is 0 Å². The highest BCUT2D eigenvalue weighted by Gasteiger charge is 2.42. The maximum atomic E-state index is 10.6. The lowest BCUT2D eigenvalue weighted by atomic mass is 10.2. The van der Waals surface area contributed by atoms with Gasteiger partial charge in [-0.1, -0.05) is 0 Å². The van der Waals surface area contributed by atoms with Crippen LogP contribution >= 0.6 is 0 Å². The van der Waals surface area contributed by atoms with Gasteiger partial charge in [0.2, 0.25) is 0 Å². The fraction of sp³-hybridized carbons (Fsp3) is 0.417. The number of ether oxygens (including phenoxy) is 1. The van der Waals surface area contributed by atoms with Crippen molar-refractivity contribution in [1.82, 2.24) is 0 Å². The Morgan fingerprint density at radius 1 is 1.50 bits per heavy atom. The van der Waals surface area contributed by atoms with Crippen LogP contribution in [0.5, 0.6) is 5.75 Å². The van der Waals surface area contributed by atoms with E-state index in [-0.39, 0.29) is 11.8 Å². The summed E-state index contributed by atoms with van der Waals surface area (Å²) in [5, 5.41) is 12.0. The van der Waals surface area contributed by atoms with Crippen LogP contribution in [-0.4, -0.2) is 24.7 Å². The first kappa shape index (κ1) is 10.8. The molecule has 1 aromatic rings. The zero-order valence-electron chi connectivity index (χ0n) is 9.14. The normalized spacial score (nSPS) is 22.6. The minimum atomic E-state index is -0.679. The van der Waals surface area contributed by atoms with Gasteiger partial charge < -0.3 is 15.2 Å². The van der Waals surface area contributed by atoms with Crippen molar-refractivity contribution in [3.05, 3.63) is 24.3 Å². The zero-order chi connectivity index (χ0) is 11.5. The zero-order valence-corrected chi connectivity index (χ0v) is 9.14. The highest BCUT2D eigenvalue weighted by molar-refractivity contribution is 5.73. The van der Waals surface area contributed by atoms with Crippen LogP contribution in [-0.2, 0) is 4.79 Å². The number of benzene rings is 1. The quantitative estimate of drug-likeness (QED) is 0.796. The van der Waals surface area contributed by atoms with Gasteiger partial charge in [-0.05, 0) is 36.6 Å². The summed E-state index contributed by atoms with van der Waals surface area (Å²) in [5.74, 6) is 0.271. The van der Waals surface area contributed by atoms with E-state index in [0.717, 1.165) is 24.4 Å². The van der Waals surface area contributed by atoms with Crippen LogP contribution < -0.4 is 10.1 Å². The molecule has 0 aromatic heterocycles. The van der Waals surface area contributed by atoms with Crippen molar-refractivity contribution in [2.45, 2.75) is 6.42 Å². The highest BCUT2D eigenvalue weighted by atomic mass is 16.5. The van der Waals surface area contributed by atoms with Crippen molar-refractivity contribution in [1.29, 1.82) is 0 Å². The molecular weight excluding hydrogens is 206 g/mol. The molecule has 0 amide bonds. The van der Waals surface area contributed by atoms with E-state index in [4.69, 9.17) is 9.84 Å². The molecule has 0 heterocycles. The highest BCUT2D eigenvalue weighted by Crippen LogP contribution is 2.38. The molecule has 0 saturated heterocycles. The molecule has 0 radical (unpaired) electrons. The Labute approximate surface area is 94.2 Å². The van der Waals surface area contributed by atoms with Gasteiger partial charge in [-0.25, -0.2) is 0 Å². The lowest BCUT2D eigenvalue weighted by Crippen LogP contribution is -2.08. The molecule has 2 atom stereocenters. The minimum absolute atomic E-state index is 0.147. The molecule has 1 aromatic carbocycles. The van der Waals surface area contributed by atoms with Crippen molar-refractivity contribution in [3.63, 3.8) is 0 Å². The topological polar surface area (TPSA) is 58.6 Å². The van der Waals surface area contributed by atoms with E-state index in [1.54, 1.807) is 7.11 Å². The second-order valence-electron chi connectivity index (χ2n) is 4.05. The van der Waals surface area contributed by atoms with Gasteiger partial charge in [0.15, 0.2) is 0 Å². The first-order chi connectivity index (χ1) is 7.70. The molecule has 4 nitrogen and oxygen atoms in total. The van der Waals surface area contributed by atoms with Crippen LogP contribution in [0.15, 0.2) is 24.3 Å². The van der Waals surface area contributed by atoms with Crippen LogP contribution in [0.4, 0.5) is 5.69 Å². The number of carboxylic acids is 1. The van der Waals surface area contributed by atoms with Crippen LogP contribution in [0.25, 0.3) is 0 Å². The van der Waals surface area contributed by atoms with Gasteiger partial charge in [-0.2, -0.15) is 0 Å². The third kappa shape index (κ3) is 2.45. The van der Waals surface area contributed by atoms with E-state index in [1.807, 2.05) is 24.3 Å². The average Bonchev–Trinajstić information content (AvgIpc) is 3.06. The minimum Gasteiger partial charge on any atom is -0.497 e. The smallest absolute Gasteiger partial charge is 0.306 e. The Kier molecular flexibility index (Phi) is 2.99. The number of hydrogen-bond acceptors (Lipinski definition) is 3. The fourth-order valence-electron chi connectivity index (χ4n) is 1.73. The average molecular weight is 221 g/mol. The van der Waals surface area contributed by atoms with Gasteiger partial charge in [-0.3, -0.25) is 4.79 Å². The van der Waals surface area contributed by atoms with E-state index in [9.17, 15) is 4.79 Å². The van der Waals surface area contributed by atoms with Crippen LogP contribution in [0, 0.1) is 11.8 Å². The Bertz CT molecular complexity index is 374. The van der Waals surface area contributed by atoms with E-state index < -0.39 is 5.97 Å². The van der Waals surface area contributed by atoms with Gasteiger partial charge in [-0.15, -0.1) is 0 Å². The summed E-state index contributed by atoms with van der Waals surface area (Å²) in [4.78, 5) is 10.6. The second kappa shape index (κ2) is 4.43. The molecule has 4 heteroatoms. The monoisotopic (exact) mass is 221 g/mol. The third-order valence-electron chi connectivity index (χ3n) is 2.90. The van der Waals surface area contributed by atoms with Crippen molar-refractivity contribution in [3.8, 4) is 5.75 Å². The predicted molar refractivity (Wildman–Crippen MR) is 60.7 cm³/mol. The summed E-state index contributed by atoms with van der Waals surface area (Å²) < 4.78 is 5.05. The van der Waals surface area contributed by atoms with Gasteiger partial charge >= 0.3 is 5.97 Å². The SMILES string of the molecule is COc1ccc(NCC2CC2C(=O)O)cc1. The van der Waals surface area contributed by atoms with Crippen molar-refractivity contribution >= 4 is 11.7 Å². The molecular formula is C12H15NO3. The van der Waals surface area contributed by atoms with Crippen molar-refractivity contribution in [2.75, 3.05) is 19.0 Å². The standard InChI is InChI=1S/C12H15NO3/c1-16-10-4-2-9(3-5-10)13-7-8-6-11(8)12(14)15/h2-5,8,11,13H,6-7H2,1H3,(H,14,15). The summed E-state index contributed by atoms with van der Waals surface area (Å²) >= 11 is 0. The van der Waals surface area contributed by atoms with Crippen molar-refractivity contribution < 1.29 is 14.6 Å². The molecule has 0 aliphatic heterocycles. The van der Waals surface area contributed by atoms with E-state index in [0.29, 0.717) is 0 Å². The number of methoxy groups -OCH3 is 1. The van der Waals surface area contributed by atoms with Gasteiger partial charge in [0, 0.05) is 12.2 Å². The van der Waals surface area contributed by atoms with E-state index in [2.05, 4.69) is 5.32 Å². The summed E-state index contributed by atoms with van der Waals surface area (Å²) in [5.41, 5.74) is 0.997. The van der Waals surface area contributed by atoms with Gasteiger partial charge in [0.05, 0.1) is 13.0 Å². The maximum Gasteiger partial charge on any atom is 0.306 e. The Balaban J connectivity index is 1.80. The van der Waals surface area contributed by atoms with Crippen molar-refractivity contribution in [2.24, 2.45) is 11.8 Å². The summed E-state index contributed by atoms with van der Waals surface area (Å²) in [6.07, 6.45) is 0.790. The predicted octanol–water partition coefficient (Wildman–Crippen LogP) is 1.83. The third-order valence-corrected chi connectivity index (χ3v) is 2.90. The fourth-order valence-corrected chi connectivity index (χ4v) is 1.73. The first-order valence-electron chi connectivity index (χ1n) is 5.31.